The number of carbonyl (C=O) groups excluding carboxylic acids is 12. The Labute approximate surface area is 554 Å². The van der Waals surface area contributed by atoms with Crippen LogP contribution in [0.15, 0.2) is 91.3 Å². The van der Waals surface area contributed by atoms with E-state index in [9.17, 15) is 67.4 Å². The fourth-order valence-electron chi connectivity index (χ4n) is 10.1. The molecular weight excluding hydrogens is 1250 g/mol. The SMILES string of the molecule is CC[C@H](C)[C@H](NC(=O)[C@H](CCCCN)NC(=O)[C@H](CCC(N)=O)NC(=O)[C@H](CCC(=O)O)NC(=O)[C@@H](N)Cc1ccccc1)C(=O)NCC(=O)N[C@@H](C)C(=O)N[C@@H](Cc1c[nH]c2ccccc12)C(=O)N[C@@H](Cc1c[nH]c2ccccc12)C(=O)N[C@@H](CS)C(=O)N[C@@H](C)C(N)=O. The number of rotatable bonds is 40. The molecule has 2 aromatic heterocycles. The molecule has 31 heteroatoms. The number of amides is 12. The Bertz CT molecular complexity index is 3510. The van der Waals surface area contributed by atoms with Crippen molar-refractivity contribution in [2.75, 3.05) is 18.8 Å². The van der Waals surface area contributed by atoms with E-state index in [0.717, 1.165) is 21.8 Å². The first kappa shape index (κ1) is 75.8. The highest BCUT2D eigenvalue weighted by atomic mass is 32.1. The topological polar surface area (TPSA) is 498 Å². The van der Waals surface area contributed by atoms with Crippen molar-refractivity contribution < 1.29 is 67.4 Å². The van der Waals surface area contributed by atoms with Crippen LogP contribution < -0.4 is 76.1 Å². The summed E-state index contributed by atoms with van der Waals surface area (Å²) in [5, 5.41) is 36.6. The van der Waals surface area contributed by atoms with Gasteiger partial charge in [-0.1, -0.05) is 87.0 Å². The molecule has 0 unspecified atom stereocenters. The molecule has 21 N–H and O–H groups in total. The van der Waals surface area contributed by atoms with E-state index >= 15 is 0 Å². The number of aromatic nitrogens is 2. The predicted molar refractivity (Wildman–Crippen MR) is 355 cm³/mol. The second-order valence-corrected chi connectivity index (χ2v) is 23.6. The summed E-state index contributed by atoms with van der Waals surface area (Å²) in [6, 6.07) is 9.64. The van der Waals surface area contributed by atoms with Crippen molar-refractivity contribution in [1.29, 1.82) is 0 Å². The van der Waals surface area contributed by atoms with Crippen LogP contribution in [0.3, 0.4) is 0 Å². The third-order valence-electron chi connectivity index (χ3n) is 15.9. The highest BCUT2D eigenvalue weighted by Crippen LogP contribution is 2.22. The number of fused-ring (bicyclic) bond motifs is 2. The van der Waals surface area contributed by atoms with E-state index in [4.69, 9.17) is 22.9 Å². The van der Waals surface area contributed by atoms with Gasteiger partial charge in [0.25, 0.3) is 0 Å². The molecule has 2 heterocycles. The Morgan fingerprint density at radius 2 is 0.968 bits per heavy atom. The molecule has 0 fully saturated rings. The lowest BCUT2D eigenvalue weighted by atomic mass is 9.97. The summed E-state index contributed by atoms with van der Waals surface area (Å²) in [4.78, 5) is 181. The quantitative estimate of drug-likeness (QED) is 0.0153. The fraction of sp³-hybridized carbons (Fsp3) is 0.453. The molecule has 11 atom stereocenters. The van der Waals surface area contributed by atoms with E-state index in [0.29, 0.717) is 29.5 Å². The van der Waals surface area contributed by atoms with Crippen molar-refractivity contribution in [1.82, 2.24) is 63.1 Å². The molecule has 0 saturated carbocycles. The maximum atomic E-state index is 14.7. The van der Waals surface area contributed by atoms with Crippen molar-refractivity contribution in [2.24, 2.45) is 28.9 Å². The third kappa shape index (κ3) is 23.9. The van der Waals surface area contributed by atoms with Gasteiger partial charge in [-0.25, -0.2) is 0 Å². The highest BCUT2D eigenvalue weighted by molar-refractivity contribution is 7.80. The van der Waals surface area contributed by atoms with E-state index in [1.165, 1.54) is 13.8 Å². The monoisotopic (exact) mass is 1340 g/mol. The van der Waals surface area contributed by atoms with Crippen molar-refractivity contribution in [3.8, 4) is 0 Å². The van der Waals surface area contributed by atoms with Crippen LogP contribution in [0.5, 0.6) is 0 Å². The number of unbranched alkanes of at least 4 members (excludes halogenated alkanes) is 1. The Hall–Kier alpha value is -9.88. The van der Waals surface area contributed by atoms with Gasteiger partial charge in [0, 0.05) is 65.6 Å². The average molecular weight is 1340 g/mol. The fourth-order valence-corrected chi connectivity index (χ4v) is 10.4. The number of carbonyl (C=O) groups is 13. The second kappa shape index (κ2) is 37.7. The first-order valence-corrected chi connectivity index (χ1v) is 31.9. The minimum atomic E-state index is -1.57. The number of aromatic amines is 2. The van der Waals surface area contributed by atoms with Gasteiger partial charge in [0.2, 0.25) is 70.9 Å². The molecule has 30 nitrogen and oxygen atoms in total. The molecule has 0 aliphatic heterocycles. The van der Waals surface area contributed by atoms with E-state index in [1.807, 2.05) is 24.3 Å². The molecule has 0 aliphatic carbocycles. The molecule has 0 aliphatic rings. The van der Waals surface area contributed by atoms with Crippen molar-refractivity contribution in [3.05, 3.63) is 108 Å². The number of primary amides is 2. The van der Waals surface area contributed by atoms with Crippen LogP contribution in [-0.2, 0) is 81.6 Å². The summed E-state index contributed by atoms with van der Waals surface area (Å²) in [6.07, 6.45) is 2.27. The van der Waals surface area contributed by atoms with Crippen LogP contribution in [0.25, 0.3) is 21.8 Å². The lowest BCUT2D eigenvalue weighted by molar-refractivity contribution is -0.138. The number of aliphatic carboxylic acids is 1. The lowest BCUT2D eigenvalue weighted by Gasteiger charge is -2.28. The summed E-state index contributed by atoms with van der Waals surface area (Å²) in [7, 11) is 0. The van der Waals surface area contributed by atoms with Gasteiger partial charge in [-0.15, -0.1) is 0 Å². The maximum Gasteiger partial charge on any atom is 0.303 e. The summed E-state index contributed by atoms with van der Waals surface area (Å²) in [6.45, 7) is 5.56. The first-order valence-electron chi connectivity index (χ1n) is 31.2. The Morgan fingerprint density at radius 1 is 0.505 bits per heavy atom. The van der Waals surface area contributed by atoms with E-state index in [-0.39, 0.29) is 44.4 Å². The van der Waals surface area contributed by atoms with Gasteiger partial charge in [-0.05, 0) is 93.7 Å². The van der Waals surface area contributed by atoms with E-state index < -0.39 is 175 Å². The summed E-state index contributed by atoms with van der Waals surface area (Å²) in [5.74, 6) is -12.4. The molecule has 0 bridgehead atoms. The molecular formula is C64H88N16O14S. The van der Waals surface area contributed by atoms with E-state index in [1.54, 1.807) is 80.8 Å². The van der Waals surface area contributed by atoms with Crippen LogP contribution in [0.1, 0.15) is 95.8 Å². The maximum absolute atomic E-state index is 14.7. The molecule has 3 aromatic carbocycles. The largest absolute Gasteiger partial charge is 0.481 e. The number of benzene rings is 3. The summed E-state index contributed by atoms with van der Waals surface area (Å²) < 4.78 is 0. The molecule has 95 heavy (non-hydrogen) atoms. The van der Waals surface area contributed by atoms with Gasteiger partial charge in [0.1, 0.15) is 54.4 Å². The third-order valence-corrected chi connectivity index (χ3v) is 16.2. The van der Waals surface area contributed by atoms with Gasteiger partial charge in [-0.2, -0.15) is 12.6 Å². The van der Waals surface area contributed by atoms with Crippen LogP contribution in [0.2, 0.25) is 0 Å². The number of H-pyrrole nitrogens is 2. The van der Waals surface area contributed by atoms with Gasteiger partial charge >= 0.3 is 5.97 Å². The van der Waals surface area contributed by atoms with Crippen LogP contribution in [0.4, 0.5) is 0 Å². The molecule has 5 rings (SSSR count). The number of hydrogen-bond donors (Lipinski definition) is 18. The van der Waals surface area contributed by atoms with E-state index in [2.05, 4.69) is 75.8 Å². The Kier molecular flexibility index (Phi) is 30.1. The number of carboxylic acid groups (broad SMARTS) is 1. The number of carboxylic acids is 1. The van der Waals surface area contributed by atoms with Crippen LogP contribution >= 0.6 is 12.6 Å². The van der Waals surface area contributed by atoms with Crippen molar-refractivity contribution >= 4 is 111 Å². The molecule has 12 amide bonds. The molecule has 0 saturated heterocycles. The number of para-hydroxylation sites is 2. The molecule has 5 aromatic rings. The highest BCUT2D eigenvalue weighted by Gasteiger charge is 2.36. The molecule has 0 spiro atoms. The summed E-state index contributed by atoms with van der Waals surface area (Å²) in [5.41, 5.74) is 26.1. The van der Waals surface area contributed by atoms with Gasteiger partial charge < -0.3 is 91.2 Å². The Morgan fingerprint density at radius 3 is 1.48 bits per heavy atom. The van der Waals surface area contributed by atoms with Crippen LogP contribution in [-0.4, -0.2) is 171 Å². The van der Waals surface area contributed by atoms with Gasteiger partial charge in [0.15, 0.2) is 0 Å². The first-order chi connectivity index (χ1) is 45.2. The Balaban J connectivity index is 1.29. The predicted octanol–water partition coefficient (Wildman–Crippen LogP) is -1.76. The van der Waals surface area contributed by atoms with Crippen molar-refractivity contribution in [2.45, 2.75) is 159 Å². The zero-order valence-electron chi connectivity index (χ0n) is 53.4. The average Bonchev–Trinajstić information content (AvgIpc) is 1.73. The van der Waals surface area contributed by atoms with Gasteiger partial charge in [0.05, 0.1) is 12.6 Å². The summed E-state index contributed by atoms with van der Waals surface area (Å²) >= 11 is 4.25. The van der Waals surface area contributed by atoms with Crippen molar-refractivity contribution in [3.63, 3.8) is 0 Å². The smallest absolute Gasteiger partial charge is 0.303 e. The second-order valence-electron chi connectivity index (χ2n) is 23.2. The zero-order chi connectivity index (χ0) is 69.9. The van der Waals surface area contributed by atoms with Gasteiger partial charge in [-0.3, -0.25) is 62.3 Å². The minimum Gasteiger partial charge on any atom is -0.481 e. The number of nitrogens with one attached hydrogen (secondary N) is 12. The number of hydrogen-bond acceptors (Lipinski definition) is 16. The number of thiol groups is 1. The normalized spacial score (nSPS) is 14.6. The zero-order valence-corrected chi connectivity index (χ0v) is 54.3. The molecule has 514 valence electrons. The lowest BCUT2D eigenvalue weighted by Crippen LogP contribution is -2.60. The molecule has 0 radical (unpaired) electrons. The standard InChI is InChI=1S/C64H88N16O14S/c1-5-34(2)54(80-60(90)45(21-13-14-26-65)75-58(88)46(22-24-51(67)81)76-59(89)47(23-25-53(83)84)74-57(87)42(66)27-37-15-7-6-8-16-37)64(94)71-32-52(82)72-36(4)56(86)77-48(28-38-30-69-43-19-11-9-17-40(38)43)61(91)78-49(29-39-31-70-44-20-12-10-18-41(39)44)62(92)79-50(33-95)63(93)73-35(3)55(68)85/h6-12,15-20,30-31,34-36,42,45-50,54,69-70,95H,5,13-14,21-29,32-33,65-66H2,1-4H3,(H2,67,81)(H2,68,85)(H,71,94)(H,72,82)(H,73,93)(H,74,87)(H,75,88)(H,76,89)(H,77,86)(H,78,91)(H,79,92)(H,80,90)(H,83,84)/t34-,35-,36-,42-,45-,46-,47-,48-,49-,50-,54-/m0/s1. The minimum absolute atomic E-state index is 0.0402. The number of nitrogens with two attached hydrogens (primary N) is 4. The van der Waals surface area contributed by atoms with Crippen LogP contribution in [0, 0.1) is 5.92 Å².